The minimum absolute atomic E-state index is 0.106. The van der Waals surface area contributed by atoms with E-state index in [9.17, 15) is 9.59 Å². The van der Waals surface area contributed by atoms with E-state index < -0.39 is 11.9 Å². The maximum Gasteiger partial charge on any atom is 0.267 e. The summed E-state index contributed by atoms with van der Waals surface area (Å²) in [4.78, 5) is 24.3. The van der Waals surface area contributed by atoms with Crippen molar-refractivity contribution >= 4 is 23.2 Å². The Morgan fingerprint density at radius 3 is 2.59 bits per heavy atom. The second kappa shape index (κ2) is 7.11. The van der Waals surface area contributed by atoms with E-state index in [2.05, 4.69) is 10.4 Å². The van der Waals surface area contributed by atoms with Crippen LogP contribution >= 0.6 is 0 Å². The number of hydrogen-bond donors (Lipinski definition) is 2. The molecule has 0 radical (unpaired) electrons. The first kappa shape index (κ1) is 17.1. The zero-order valence-electron chi connectivity index (χ0n) is 14.7. The number of ether oxygens (including phenoxy) is 1. The van der Waals surface area contributed by atoms with Gasteiger partial charge in [-0.05, 0) is 23.8 Å². The molecule has 2 aromatic rings. The SMILES string of the molecule is NC(=O)C1CC(C(=O)NCC2Cc3ccccc3O2)=NN1c1ccccc1. The van der Waals surface area contributed by atoms with Crippen molar-refractivity contribution in [1.82, 2.24) is 5.32 Å². The molecule has 7 heteroatoms. The average Bonchev–Trinajstić information content (AvgIpc) is 3.31. The van der Waals surface area contributed by atoms with Gasteiger partial charge in [0.05, 0.1) is 12.2 Å². The summed E-state index contributed by atoms with van der Waals surface area (Å²) < 4.78 is 5.83. The Hall–Kier alpha value is -3.35. The molecule has 27 heavy (non-hydrogen) atoms. The molecule has 0 saturated heterocycles. The van der Waals surface area contributed by atoms with E-state index in [0.717, 1.165) is 23.4 Å². The number of carbonyl (C=O) groups excluding carboxylic acids is 2. The van der Waals surface area contributed by atoms with Gasteiger partial charge in [0.25, 0.3) is 5.91 Å². The van der Waals surface area contributed by atoms with Gasteiger partial charge in [0.1, 0.15) is 23.6 Å². The molecule has 0 spiro atoms. The number of nitrogens with two attached hydrogens (primary N) is 1. The number of primary amides is 1. The first-order valence-electron chi connectivity index (χ1n) is 8.85. The lowest BCUT2D eigenvalue weighted by atomic mass is 10.1. The molecule has 2 heterocycles. The van der Waals surface area contributed by atoms with Crippen LogP contribution in [0.25, 0.3) is 0 Å². The van der Waals surface area contributed by atoms with Crippen molar-refractivity contribution < 1.29 is 14.3 Å². The van der Waals surface area contributed by atoms with Crippen molar-refractivity contribution in [3.05, 3.63) is 60.2 Å². The lowest BCUT2D eigenvalue weighted by Gasteiger charge is -2.20. The monoisotopic (exact) mass is 364 g/mol. The number of hydrazone groups is 1. The minimum atomic E-state index is -0.667. The minimum Gasteiger partial charge on any atom is -0.488 e. The molecule has 0 aromatic heterocycles. The lowest BCUT2D eigenvalue weighted by Crippen LogP contribution is -2.40. The summed E-state index contributed by atoms with van der Waals surface area (Å²) in [5, 5.41) is 8.71. The van der Waals surface area contributed by atoms with Crippen molar-refractivity contribution in [2.45, 2.75) is 25.0 Å². The van der Waals surface area contributed by atoms with Crippen LogP contribution in [0.2, 0.25) is 0 Å². The number of amides is 2. The van der Waals surface area contributed by atoms with Crippen LogP contribution in [-0.4, -0.2) is 36.2 Å². The van der Waals surface area contributed by atoms with Gasteiger partial charge >= 0.3 is 0 Å². The topological polar surface area (TPSA) is 97.0 Å². The van der Waals surface area contributed by atoms with Crippen LogP contribution in [0.3, 0.4) is 0 Å². The Balaban J connectivity index is 1.41. The third-order valence-corrected chi connectivity index (χ3v) is 4.73. The number of anilines is 1. The number of hydrogen-bond acceptors (Lipinski definition) is 5. The summed E-state index contributed by atoms with van der Waals surface area (Å²) in [6.45, 7) is 0.374. The van der Waals surface area contributed by atoms with Crippen LogP contribution in [0.15, 0.2) is 59.7 Å². The molecule has 2 aliphatic rings. The second-order valence-electron chi connectivity index (χ2n) is 6.61. The number of para-hydroxylation sites is 2. The van der Waals surface area contributed by atoms with Crippen LogP contribution in [0.1, 0.15) is 12.0 Å². The molecule has 0 fully saturated rings. The van der Waals surface area contributed by atoms with Gasteiger partial charge in [0.2, 0.25) is 5.91 Å². The highest BCUT2D eigenvalue weighted by molar-refractivity contribution is 6.40. The highest BCUT2D eigenvalue weighted by atomic mass is 16.5. The Bertz CT molecular complexity index is 872. The molecule has 2 amide bonds. The molecule has 2 aromatic carbocycles. The molecule has 2 atom stereocenters. The fraction of sp³-hybridized carbons (Fsp3) is 0.250. The third kappa shape index (κ3) is 3.48. The van der Waals surface area contributed by atoms with Crippen molar-refractivity contribution in [2.75, 3.05) is 11.6 Å². The molecule has 138 valence electrons. The molecule has 0 saturated carbocycles. The van der Waals surface area contributed by atoms with E-state index in [-0.39, 0.29) is 24.1 Å². The molecular weight excluding hydrogens is 344 g/mol. The predicted octanol–water partition coefficient (Wildman–Crippen LogP) is 1.23. The van der Waals surface area contributed by atoms with Crippen molar-refractivity contribution in [3.8, 4) is 5.75 Å². The van der Waals surface area contributed by atoms with E-state index >= 15 is 0 Å². The normalized spacial score (nSPS) is 20.6. The van der Waals surface area contributed by atoms with Crippen LogP contribution < -0.4 is 20.8 Å². The zero-order valence-corrected chi connectivity index (χ0v) is 14.7. The number of rotatable bonds is 5. The Morgan fingerprint density at radius 2 is 1.85 bits per heavy atom. The number of benzene rings is 2. The number of fused-ring (bicyclic) bond motifs is 1. The maximum absolute atomic E-state index is 12.5. The molecule has 0 aliphatic carbocycles. The number of nitrogens with one attached hydrogen (secondary N) is 1. The highest BCUT2D eigenvalue weighted by Crippen LogP contribution is 2.28. The third-order valence-electron chi connectivity index (χ3n) is 4.73. The van der Waals surface area contributed by atoms with Gasteiger partial charge in [-0.15, -0.1) is 0 Å². The summed E-state index contributed by atoms with van der Waals surface area (Å²) in [6, 6.07) is 16.4. The lowest BCUT2D eigenvalue weighted by molar-refractivity contribution is -0.119. The molecule has 0 bridgehead atoms. The fourth-order valence-corrected chi connectivity index (χ4v) is 3.36. The van der Waals surface area contributed by atoms with Crippen molar-refractivity contribution in [1.29, 1.82) is 0 Å². The summed E-state index contributed by atoms with van der Waals surface area (Å²) in [5.41, 5.74) is 7.65. The summed E-state index contributed by atoms with van der Waals surface area (Å²) >= 11 is 0. The first-order valence-corrected chi connectivity index (χ1v) is 8.85. The van der Waals surface area contributed by atoms with Gasteiger partial charge in [-0.1, -0.05) is 36.4 Å². The Morgan fingerprint density at radius 1 is 1.11 bits per heavy atom. The Labute approximate surface area is 156 Å². The number of nitrogens with zero attached hydrogens (tertiary/aromatic N) is 2. The zero-order chi connectivity index (χ0) is 18.8. The second-order valence-corrected chi connectivity index (χ2v) is 6.61. The van der Waals surface area contributed by atoms with Crippen LogP contribution in [0.4, 0.5) is 5.69 Å². The van der Waals surface area contributed by atoms with E-state index in [1.54, 1.807) is 0 Å². The molecule has 4 rings (SSSR count). The van der Waals surface area contributed by atoms with Crippen molar-refractivity contribution in [2.24, 2.45) is 10.8 Å². The summed E-state index contributed by atoms with van der Waals surface area (Å²) in [5.74, 6) is 0.0400. The van der Waals surface area contributed by atoms with Gasteiger partial charge in [0, 0.05) is 12.8 Å². The smallest absolute Gasteiger partial charge is 0.267 e. The first-order chi connectivity index (χ1) is 13.1. The molecule has 3 N–H and O–H groups in total. The largest absolute Gasteiger partial charge is 0.488 e. The fourth-order valence-electron chi connectivity index (χ4n) is 3.36. The van der Waals surface area contributed by atoms with Gasteiger partial charge in [-0.25, -0.2) is 0 Å². The van der Waals surface area contributed by atoms with Gasteiger partial charge in [-0.3, -0.25) is 14.6 Å². The quantitative estimate of drug-likeness (QED) is 0.834. The number of carbonyl (C=O) groups is 2. The van der Waals surface area contributed by atoms with Crippen LogP contribution in [-0.2, 0) is 16.0 Å². The van der Waals surface area contributed by atoms with Gasteiger partial charge < -0.3 is 15.8 Å². The molecular formula is C20H20N4O3. The Kier molecular flexibility index (Phi) is 4.50. The standard InChI is InChI=1S/C20H20N4O3/c21-19(25)17-11-16(23-24(17)14-7-2-1-3-8-14)20(26)22-12-15-10-13-6-4-5-9-18(13)27-15/h1-9,15,17H,10-12H2,(H2,21,25)(H,22,26). The molecule has 2 unspecified atom stereocenters. The van der Waals surface area contributed by atoms with E-state index in [1.165, 1.54) is 5.01 Å². The van der Waals surface area contributed by atoms with Gasteiger partial charge in [0.15, 0.2) is 0 Å². The maximum atomic E-state index is 12.5. The van der Waals surface area contributed by atoms with Crippen LogP contribution in [0, 0.1) is 0 Å². The van der Waals surface area contributed by atoms with Crippen LogP contribution in [0.5, 0.6) is 5.75 Å². The molecule has 7 nitrogen and oxygen atoms in total. The summed E-state index contributed by atoms with van der Waals surface area (Å²) in [7, 11) is 0. The average molecular weight is 364 g/mol. The van der Waals surface area contributed by atoms with Gasteiger partial charge in [-0.2, -0.15) is 5.10 Å². The molecule has 2 aliphatic heterocycles. The summed E-state index contributed by atoms with van der Waals surface area (Å²) in [6.07, 6.45) is 0.829. The van der Waals surface area contributed by atoms with E-state index in [0.29, 0.717) is 6.54 Å². The van der Waals surface area contributed by atoms with E-state index in [4.69, 9.17) is 10.5 Å². The van der Waals surface area contributed by atoms with Crippen molar-refractivity contribution in [3.63, 3.8) is 0 Å². The highest BCUT2D eigenvalue weighted by Gasteiger charge is 2.35. The van der Waals surface area contributed by atoms with E-state index in [1.807, 2.05) is 54.6 Å². The predicted molar refractivity (Wildman–Crippen MR) is 102 cm³/mol.